The molecule has 0 bridgehead atoms. The highest BCUT2D eigenvalue weighted by atomic mass is 19.4. The number of carbonyl (C=O) groups excluding carboxylic acids is 1. The molecular weight excluding hydrogens is 348 g/mol. The zero-order valence-corrected chi connectivity index (χ0v) is 13.1. The summed E-state index contributed by atoms with van der Waals surface area (Å²) in [6, 6.07) is 2.91. The highest BCUT2D eigenvalue weighted by Crippen LogP contribution is 2.27. The molecule has 2 rings (SSSR count). The third-order valence-electron chi connectivity index (χ3n) is 3.31. The maximum absolute atomic E-state index is 13.7. The monoisotopic (exact) mass is 360 g/mol. The van der Waals surface area contributed by atoms with Gasteiger partial charge in [-0.15, -0.1) is 0 Å². The second kappa shape index (κ2) is 6.54. The quantitative estimate of drug-likeness (QED) is 0.619. The molecule has 0 aliphatic carbocycles. The molecule has 0 amide bonds. The lowest BCUT2D eigenvalue weighted by atomic mass is 10.2. The van der Waals surface area contributed by atoms with Crippen molar-refractivity contribution >= 4 is 5.97 Å². The number of carbonyl (C=O) groups is 1. The number of hydrogen-bond acceptors (Lipinski definition) is 4. The van der Waals surface area contributed by atoms with Crippen LogP contribution in [0, 0.1) is 5.82 Å². The maximum atomic E-state index is 13.7. The van der Waals surface area contributed by atoms with Gasteiger partial charge >= 0.3 is 17.8 Å². The van der Waals surface area contributed by atoms with E-state index in [0.717, 1.165) is 25.2 Å². The second-order valence-electron chi connectivity index (χ2n) is 4.93. The summed E-state index contributed by atoms with van der Waals surface area (Å²) in [7, 11) is 0.844. The van der Waals surface area contributed by atoms with Crippen molar-refractivity contribution in [2.75, 3.05) is 6.61 Å². The van der Waals surface area contributed by atoms with Gasteiger partial charge in [0.15, 0.2) is 0 Å². The van der Waals surface area contributed by atoms with Crippen LogP contribution in [0.15, 0.2) is 33.9 Å². The topological polar surface area (TPSA) is 70.3 Å². The van der Waals surface area contributed by atoms with Crippen molar-refractivity contribution in [1.29, 1.82) is 0 Å². The van der Waals surface area contributed by atoms with E-state index in [1.165, 1.54) is 6.92 Å². The summed E-state index contributed by atoms with van der Waals surface area (Å²) in [5.41, 5.74) is -4.79. The van der Waals surface area contributed by atoms with E-state index in [1.807, 2.05) is 0 Å². The molecule has 0 fully saturated rings. The van der Waals surface area contributed by atoms with E-state index in [1.54, 1.807) is 0 Å². The van der Waals surface area contributed by atoms with E-state index >= 15 is 0 Å². The van der Waals surface area contributed by atoms with Crippen molar-refractivity contribution in [2.24, 2.45) is 7.05 Å². The Morgan fingerprint density at radius 1 is 1.20 bits per heavy atom. The molecule has 0 saturated carbocycles. The maximum Gasteiger partial charge on any atom is 0.431 e. The third kappa shape index (κ3) is 3.47. The number of halogens is 4. The molecule has 0 atom stereocenters. The molecule has 0 unspecified atom stereocenters. The Kier molecular flexibility index (Phi) is 4.82. The van der Waals surface area contributed by atoms with E-state index in [0.29, 0.717) is 4.57 Å². The Balaban J connectivity index is 2.70. The van der Waals surface area contributed by atoms with E-state index in [9.17, 15) is 31.9 Å². The lowest BCUT2D eigenvalue weighted by Gasteiger charge is -2.14. The summed E-state index contributed by atoms with van der Waals surface area (Å²) in [6.07, 6.45) is -4.90. The number of benzene rings is 1. The number of ether oxygens (including phenoxy) is 1. The van der Waals surface area contributed by atoms with Gasteiger partial charge in [-0.05, 0) is 25.1 Å². The number of esters is 1. The predicted octanol–water partition coefficient (Wildman–Crippen LogP) is 1.87. The Morgan fingerprint density at radius 2 is 1.84 bits per heavy atom. The number of rotatable bonds is 3. The molecule has 134 valence electrons. The van der Waals surface area contributed by atoms with Crippen molar-refractivity contribution in [2.45, 2.75) is 13.1 Å². The van der Waals surface area contributed by atoms with Gasteiger partial charge in [0, 0.05) is 13.1 Å². The summed E-state index contributed by atoms with van der Waals surface area (Å²) < 4.78 is 57.5. The lowest BCUT2D eigenvalue weighted by Crippen LogP contribution is -2.40. The van der Waals surface area contributed by atoms with Crippen LogP contribution in [0.5, 0.6) is 0 Å². The van der Waals surface area contributed by atoms with Gasteiger partial charge in [-0.2, -0.15) is 13.2 Å². The van der Waals surface area contributed by atoms with Gasteiger partial charge in [-0.25, -0.2) is 18.5 Å². The molecule has 25 heavy (non-hydrogen) atoms. The minimum Gasteiger partial charge on any atom is -0.462 e. The smallest absolute Gasteiger partial charge is 0.431 e. The molecule has 2 aromatic rings. The van der Waals surface area contributed by atoms with Crippen LogP contribution in [0.3, 0.4) is 0 Å². The lowest BCUT2D eigenvalue weighted by molar-refractivity contribution is -0.144. The van der Waals surface area contributed by atoms with Crippen LogP contribution in [0.4, 0.5) is 17.6 Å². The van der Waals surface area contributed by atoms with Crippen molar-refractivity contribution < 1.29 is 27.1 Å². The van der Waals surface area contributed by atoms with Crippen LogP contribution in [-0.4, -0.2) is 21.7 Å². The Hall–Kier alpha value is -2.91. The first-order valence-electron chi connectivity index (χ1n) is 6.95. The zero-order chi connectivity index (χ0) is 18.9. The number of hydrogen-bond donors (Lipinski definition) is 0. The van der Waals surface area contributed by atoms with Crippen LogP contribution >= 0.6 is 0 Å². The summed E-state index contributed by atoms with van der Waals surface area (Å²) in [5, 5.41) is 0. The summed E-state index contributed by atoms with van der Waals surface area (Å²) >= 11 is 0. The molecule has 10 heteroatoms. The highest BCUT2D eigenvalue weighted by Gasteiger charge is 2.35. The standard InChI is InChI=1S/C15H12F4N2O4/c1-3-25-13(23)9-6-8(4-5-10(9)16)21-12(22)7-11(15(17,18)19)20(2)14(21)24/h4-7H,3H2,1-2H3. The van der Waals surface area contributed by atoms with Gasteiger partial charge in [0.25, 0.3) is 5.56 Å². The number of aromatic nitrogens is 2. The average Bonchev–Trinajstić information content (AvgIpc) is 2.51. The van der Waals surface area contributed by atoms with E-state index < -0.39 is 40.5 Å². The van der Waals surface area contributed by atoms with Crippen molar-refractivity contribution in [3.63, 3.8) is 0 Å². The van der Waals surface area contributed by atoms with Crippen molar-refractivity contribution in [1.82, 2.24) is 9.13 Å². The van der Waals surface area contributed by atoms with Crippen molar-refractivity contribution in [3.05, 3.63) is 62.2 Å². The van der Waals surface area contributed by atoms with Crippen LogP contribution in [0.1, 0.15) is 23.0 Å². The highest BCUT2D eigenvalue weighted by molar-refractivity contribution is 5.90. The minimum absolute atomic E-state index is 0.0372. The summed E-state index contributed by atoms with van der Waals surface area (Å²) in [5.74, 6) is -1.99. The van der Waals surface area contributed by atoms with Gasteiger partial charge < -0.3 is 4.74 Å². The fourth-order valence-corrected chi connectivity index (χ4v) is 2.15. The van der Waals surface area contributed by atoms with E-state index in [-0.39, 0.29) is 22.9 Å². The van der Waals surface area contributed by atoms with Gasteiger partial charge in [0.2, 0.25) is 0 Å². The first-order valence-corrected chi connectivity index (χ1v) is 6.95. The number of nitrogens with zero attached hydrogens (tertiary/aromatic N) is 2. The molecule has 0 spiro atoms. The molecule has 6 nitrogen and oxygen atoms in total. The Labute approximate surface area is 137 Å². The van der Waals surface area contributed by atoms with Gasteiger partial charge in [-0.3, -0.25) is 9.36 Å². The van der Waals surface area contributed by atoms with Crippen LogP contribution in [0.2, 0.25) is 0 Å². The van der Waals surface area contributed by atoms with Crippen molar-refractivity contribution in [3.8, 4) is 5.69 Å². The second-order valence-corrected chi connectivity index (χ2v) is 4.93. The Bertz CT molecular complexity index is 944. The minimum atomic E-state index is -4.90. The molecule has 0 aliphatic heterocycles. The summed E-state index contributed by atoms with van der Waals surface area (Å²) in [4.78, 5) is 35.8. The molecule has 0 saturated heterocycles. The fraction of sp³-hybridized carbons (Fsp3) is 0.267. The first kappa shape index (κ1) is 18.4. The summed E-state index contributed by atoms with van der Waals surface area (Å²) in [6.45, 7) is 1.46. The Morgan fingerprint density at radius 3 is 2.40 bits per heavy atom. The molecule has 0 N–H and O–H groups in total. The number of alkyl halides is 3. The van der Waals surface area contributed by atoms with E-state index in [2.05, 4.69) is 4.74 Å². The molecule has 1 aromatic heterocycles. The van der Waals surface area contributed by atoms with E-state index in [4.69, 9.17) is 0 Å². The predicted molar refractivity (Wildman–Crippen MR) is 78.2 cm³/mol. The first-order chi connectivity index (χ1) is 11.6. The van der Waals surface area contributed by atoms with Gasteiger partial charge in [0.05, 0.1) is 17.9 Å². The fourth-order valence-electron chi connectivity index (χ4n) is 2.15. The van der Waals surface area contributed by atoms with Crippen LogP contribution in [-0.2, 0) is 18.0 Å². The SMILES string of the molecule is CCOC(=O)c1cc(-n2c(=O)cc(C(F)(F)F)n(C)c2=O)ccc1F. The molecule has 1 aromatic carbocycles. The molecular formula is C15H12F4N2O4. The normalized spacial score (nSPS) is 11.4. The molecule has 0 radical (unpaired) electrons. The van der Waals surface area contributed by atoms with Gasteiger partial charge in [0.1, 0.15) is 11.5 Å². The largest absolute Gasteiger partial charge is 0.462 e. The zero-order valence-electron chi connectivity index (χ0n) is 13.1. The van der Waals surface area contributed by atoms with Gasteiger partial charge in [-0.1, -0.05) is 0 Å². The average molecular weight is 360 g/mol. The van der Waals surface area contributed by atoms with Crippen LogP contribution < -0.4 is 11.2 Å². The molecule has 1 heterocycles. The third-order valence-corrected chi connectivity index (χ3v) is 3.31. The molecule has 0 aliphatic rings. The van der Waals surface area contributed by atoms with Crippen LogP contribution in [0.25, 0.3) is 5.69 Å².